The summed E-state index contributed by atoms with van der Waals surface area (Å²) in [5, 5.41) is 1.04. The number of benzene rings is 1. The van der Waals surface area contributed by atoms with E-state index in [1.54, 1.807) is 29.2 Å². The Hall–Kier alpha value is -1.99. The van der Waals surface area contributed by atoms with Crippen molar-refractivity contribution in [2.24, 2.45) is 0 Å². The zero-order valence-corrected chi connectivity index (χ0v) is 16.3. The van der Waals surface area contributed by atoms with Gasteiger partial charge in [0.15, 0.2) is 10.9 Å². The van der Waals surface area contributed by atoms with Gasteiger partial charge >= 0.3 is 0 Å². The lowest BCUT2D eigenvalue weighted by atomic mass is 10.3. The fraction of sp³-hybridized carbons (Fsp3) is 0.368. The monoisotopic (exact) mass is 387 g/mol. The predicted molar refractivity (Wildman–Crippen MR) is 108 cm³/mol. The summed E-state index contributed by atoms with van der Waals surface area (Å²) in [7, 11) is 0. The molecule has 0 N–H and O–H groups in total. The molecule has 3 heterocycles. The Bertz CT molecular complexity index is 872. The molecule has 7 heteroatoms. The van der Waals surface area contributed by atoms with Crippen molar-refractivity contribution in [3.05, 3.63) is 47.9 Å². The van der Waals surface area contributed by atoms with E-state index in [1.165, 1.54) is 4.70 Å². The zero-order valence-electron chi connectivity index (χ0n) is 14.7. The molecule has 2 aromatic heterocycles. The summed E-state index contributed by atoms with van der Waals surface area (Å²) < 4.78 is 6.90. The van der Waals surface area contributed by atoms with Crippen LogP contribution in [0.4, 0.5) is 5.13 Å². The molecular weight excluding hydrogens is 366 g/mol. The highest BCUT2D eigenvalue weighted by Gasteiger charge is 2.24. The van der Waals surface area contributed by atoms with Gasteiger partial charge in [-0.3, -0.25) is 4.79 Å². The third-order valence-corrected chi connectivity index (χ3v) is 6.17. The first-order valence-electron chi connectivity index (χ1n) is 8.72. The maximum atomic E-state index is 12.7. The highest BCUT2D eigenvalue weighted by molar-refractivity contribution is 7.97. The van der Waals surface area contributed by atoms with E-state index in [0.717, 1.165) is 48.2 Å². The maximum absolute atomic E-state index is 12.7. The number of fused-ring (bicyclic) bond motifs is 1. The summed E-state index contributed by atoms with van der Waals surface area (Å²) in [5.74, 6) is 2.08. The number of nitrogens with zero attached hydrogens (tertiary/aromatic N) is 3. The number of carbonyl (C=O) groups is 1. The standard InChI is InChI=1S/C19H21N3O2S2/c1-25-13-14-7-8-16(24-14)18(23)21-9-4-10-22(12-11-21)19-20-15-5-2-3-6-17(15)26-19/h2-3,5-8H,4,9-13H2,1H3. The van der Waals surface area contributed by atoms with Crippen LogP contribution < -0.4 is 4.90 Å². The molecule has 5 nitrogen and oxygen atoms in total. The summed E-state index contributed by atoms with van der Waals surface area (Å²) in [6.45, 7) is 3.15. The van der Waals surface area contributed by atoms with Crippen LogP contribution in [0.3, 0.4) is 0 Å². The fourth-order valence-electron chi connectivity index (χ4n) is 3.18. The zero-order chi connectivity index (χ0) is 17.9. The molecule has 0 bridgehead atoms. The molecule has 0 aliphatic carbocycles. The fourth-order valence-corrected chi connectivity index (χ4v) is 4.63. The Morgan fingerprint density at radius 2 is 2.08 bits per heavy atom. The van der Waals surface area contributed by atoms with Gasteiger partial charge in [0.1, 0.15) is 5.76 Å². The third-order valence-electron chi connectivity index (χ3n) is 4.50. The van der Waals surface area contributed by atoms with Gasteiger partial charge < -0.3 is 14.2 Å². The molecular formula is C19H21N3O2S2. The van der Waals surface area contributed by atoms with Crippen molar-refractivity contribution in [2.45, 2.75) is 12.2 Å². The van der Waals surface area contributed by atoms with Crippen molar-refractivity contribution >= 4 is 44.4 Å². The topological polar surface area (TPSA) is 49.6 Å². The first-order chi connectivity index (χ1) is 12.7. The second-order valence-corrected chi connectivity index (χ2v) is 8.17. The second kappa shape index (κ2) is 7.72. The van der Waals surface area contributed by atoms with Crippen LogP contribution in [-0.2, 0) is 5.75 Å². The highest BCUT2D eigenvalue weighted by Crippen LogP contribution is 2.29. The van der Waals surface area contributed by atoms with Gasteiger partial charge in [0, 0.05) is 26.2 Å². The Labute approximate surface area is 161 Å². The van der Waals surface area contributed by atoms with E-state index >= 15 is 0 Å². The van der Waals surface area contributed by atoms with Gasteiger partial charge in [0.05, 0.1) is 16.0 Å². The van der Waals surface area contributed by atoms with E-state index in [9.17, 15) is 4.79 Å². The molecule has 4 rings (SSSR count). The number of amides is 1. The minimum atomic E-state index is -0.0106. The van der Waals surface area contributed by atoms with Crippen molar-refractivity contribution in [1.29, 1.82) is 0 Å². The van der Waals surface area contributed by atoms with Gasteiger partial charge in [-0.05, 0) is 36.9 Å². The van der Waals surface area contributed by atoms with Crippen LogP contribution in [0.15, 0.2) is 40.8 Å². The molecule has 1 amide bonds. The molecule has 26 heavy (non-hydrogen) atoms. The van der Waals surface area contributed by atoms with Gasteiger partial charge in [-0.1, -0.05) is 23.5 Å². The van der Waals surface area contributed by atoms with Crippen molar-refractivity contribution in [3.8, 4) is 0 Å². The number of para-hydroxylation sites is 1. The summed E-state index contributed by atoms with van der Waals surface area (Å²) >= 11 is 3.41. The lowest BCUT2D eigenvalue weighted by Crippen LogP contribution is -2.35. The van der Waals surface area contributed by atoms with Crippen LogP contribution >= 0.6 is 23.1 Å². The second-order valence-electron chi connectivity index (χ2n) is 6.30. The van der Waals surface area contributed by atoms with Crippen LogP contribution in [0.2, 0.25) is 0 Å². The van der Waals surface area contributed by atoms with E-state index in [2.05, 4.69) is 11.0 Å². The quantitative estimate of drug-likeness (QED) is 0.674. The Balaban J connectivity index is 1.44. The number of rotatable bonds is 4. The minimum absolute atomic E-state index is 0.0106. The van der Waals surface area contributed by atoms with Crippen LogP contribution in [0.1, 0.15) is 22.7 Å². The van der Waals surface area contributed by atoms with Gasteiger partial charge in [0.2, 0.25) is 0 Å². The van der Waals surface area contributed by atoms with Gasteiger partial charge in [0.25, 0.3) is 5.91 Å². The lowest BCUT2D eigenvalue weighted by Gasteiger charge is -2.20. The molecule has 1 aliphatic heterocycles. The van der Waals surface area contributed by atoms with Crippen molar-refractivity contribution < 1.29 is 9.21 Å². The first-order valence-corrected chi connectivity index (χ1v) is 10.9. The molecule has 0 atom stereocenters. The van der Waals surface area contributed by atoms with Gasteiger partial charge in [-0.15, -0.1) is 0 Å². The van der Waals surface area contributed by atoms with Crippen LogP contribution in [0.5, 0.6) is 0 Å². The Morgan fingerprint density at radius 1 is 1.19 bits per heavy atom. The van der Waals surface area contributed by atoms with Crippen LogP contribution in [0, 0.1) is 0 Å². The average molecular weight is 388 g/mol. The number of furan rings is 1. The third kappa shape index (κ3) is 3.59. The number of thioether (sulfide) groups is 1. The lowest BCUT2D eigenvalue weighted by molar-refractivity contribution is 0.0733. The molecule has 0 radical (unpaired) electrons. The summed E-state index contributed by atoms with van der Waals surface area (Å²) in [6, 6.07) is 11.9. The minimum Gasteiger partial charge on any atom is -0.455 e. The van der Waals surface area contributed by atoms with E-state index in [-0.39, 0.29) is 5.91 Å². The predicted octanol–water partition coefficient (Wildman–Crippen LogP) is 4.10. The molecule has 0 saturated carbocycles. The molecule has 1 fully saturated rings. The molecule has 3 aromatic rings. The summed E-state index contributed by atoms with van der Waals surface area (Å²) in [5.41, 5.74) is 1.04. The van der Waals surface area contributed by atoms with E-state index < -0.39 is 0 Å². The van der Waals surface area contributed by atoms with E-state index in [4.69, 9.17) is 9.40 Å². The first kappa shape index (κ1) is 17.4. The number of anilines is 1. The molecule has 0 spiro atoms. The highest BCUT2D eigenvalue weighted by atomic mass is 32.2. The smallest absolute Gasteiger partial charge is 0.289 e. The molecule has 1 aliphatic rings. The Kier molecular flexibility index (Phi) is 5.17. The maximum Gasteiger partial charge on any atom is 0.289 e. The van der Waals surface area contributed by atoms with Crippen molar-refractivity contribution in [2.75, 3.05) is 37.3 Å². The molecule has 136 valence electrons. The molecule has 1 saturated heterocycles. The largest absolute Gasteiger partial charge is 0.455 e. The van der Waals surface area contributed by atoms with Crippen molar-refractivity contribution in [1.82, 2.24) is 9.88 Å². The molecule has 1 aromatic carbocycles. The van der Waals surface area contributed by atoms with Gasteiger partial charge in [-0.25, -0.2) is 4.98 Å². The van der Waals surface area contributed by atoms with Crippen molar-refractivity contribution in [3.63, 3.8) is 0 Å². The number of hydrogen-bond donors (Lipinski definition) is 0. The SMILES string of the molecule is CSCc1ccc(C(=O)N2CCCN(c3nc4ccccc4s3)CC2)o1. The Morgan fingerprint density at radius 3 is 2.92 bits per heavy atom. The number of thiazole rings is 1. The van der Waals surface area contributed by atoms with Gasteiger partial charge in [-0.2, -0.15) is 11.8 Å². The number of carbonyl (C=O) groups excluding carboxylic acids is 1. The van der Waals surface area contributed by atoms with E-state index in [1.807, 2.05) is 35.4 Å². The normalized spacial score (nSPS) is 15.4. The van der Waals surface area contributed by atoms with Crippen LogP contribution in [-0.4, -0.2) is 48.2 Å². The summed E-state index contributed by atoms with van der Waals surface area (Å²) in [4.78, 5) is 21.7. The summed E-state index contributed by atoms with van der Waals surface area (Å²) in [6.07, 6.45) is 2.95. The number of hydrogen-bond acceptors (Lipinski definition) is 6. The molecule has 0 unspecified atom stereocenters. The average Bonchev–Trinajstić information content (AvgIpc) is 3.22. The number of aromatic nitrogens is 1. The van der Waals surface area contributed by atoms with Crippen LogP contribution in [0.25, 0.3) is 10.2 Å². The van der Waals surface area contributed by atoms with E-state index in [0.29, 0.717) is 12.3 Å².